The summed E-state index contributed by atoms with van der Waals surface area (Å²) >= 11 is 0. The van der Waals surface area contributed by atoms with E-state index in [2.05, 4.69) is 73.4 Å². The van der Waals surface area contributed by atoms with E-state index in [4.69, 9.17) is 9.73 Å². The van der Waals surface area contributed by atoms with Gasteiger partial charge in [0.05, 0.1) is 13.2 Å². The zero-order valence-corrected chi connectivity index (χ0v) is 23.0. The van der Waals surface area contributed by atoms with Crippen molar-refractivity contribution in [3.05, 3.63) is 29.3 Å². The van der Waals surface area contributed by atoms with Crippen molar-refractivity contribution in [1.82, 2.24) is 20.4 Å². The molecule has 1 saturated carbocycles. The maximum absolute atomic E-state index is 6.13. The van der Waals surface area contributed by atoms with Gasteiger partial charge in [-0.05, 0) is 57.2 Å². The van der Waals surface area contributed by atoms with Gasteiger partial charge in [-0.3, -0.25) is 4.90 Å². The summed E-state index contributed by atoms with van der Waals surface area (Å²) in [5.41, 5.74) is 2.39. The van der Waals surface area contributed by atoms with E-state index < -0.39 is 0 Å². The first-order valence-corrected chi connectivity index (χ1v) is 12.1. The van der Waals surface area contributed by atoms with Gasteiger partial charge in [-0.1, -0.05) is 26.0 Å². The van der Waals surface area contributed by atoms with Gasteiger partial charge in [0.25, 0.3) is 0 Å². The molecule has 2 fully saturated rings. The third-order valence-corrected chi connectivity index (χ3v) is 6.40. The van der Waals surface area contributed by atoms with Gasteiger partial charge >= 0.3 is 0 Å². The van der Waals surface area contributed by atoms with Crippen molar-refractivity contribution in [1.29, 1.82) is 0 Å². The summed E-state index contributed by atoms with van der Waals surface area (Å²) < 4.78 is 6.13. The Morgan fingerprint density at radius 1 is 1.16 bits per heavy atom. The molecule has 0 amide bonds. The first-order chi connectivity index (χ1) is 15.0. The molecule has 1 saturated heterocycles. The average Bonchev–Trinajstić information content (AvgIpc) is 3.57. The van der Waals surface area contributed by atoms with E-state index in [1.807, 2.05) is 0 Å². The number of halogens is 1. The summed E-state index contributed by atoms with van der Waals surface area (Å²) in [6.07, 6.45) is 2.61. The van der Waals surface area contributed by atoms with E-state index in [0.717, 1.165) is 69.1 Å². The molecule has 0 aromatic heterocycles. The lowest BCUT2D eigenvalue weighted by Gasteiger charge is -2.40. The molecule has 7 heteroatoms. The highest BCUT2D eigenvalue weighted by molar-refractivity contribution is 14.0. The van der Waals surface area contributed by atoms with E-state index in [1.165, 1.54) is 18.4 Å². The molecular formula is C25H44IN5O. The van der Waals surface area contributed by atoms with Crippen molar-refractivity contribution in [2.24, 2.45) is 16.8 Å². The molecule has 1 atom stereocenters. The van der Waals surface area contributed by atoms with E-state index in [-0.39, 0.29) is 24.0 Å². The molecule has 1 aliphatic heterocycles. The number of aliphatic imine (C=N–C) groups is 1. The second-order valence-corrected chi connectivity index (χ2v) is 9.59. The van der Waals surface area contributed by atoms with Crippen LogP contribution >= 0.6 is 24.0 Å². The van der Waals surface area contributed by atoms with Gasteiger partial charge in [-0.15, -0.1) is 24.0 Å². The highest BCUT2D eigenvalue weighted by Gasteiger charge is 2.25. The number of likely N-dealkylation sites (N-methyl/N-ethyl adjacent to an activating group) is 1. The molecule has 0 radical (unpaired) electrons. The van der Waals surface area contributed by atoms with Crippen molar-refractivity contribution < 1.29 is 4.74 Å². The monoisotopic (exact) mass is 557 g/mol. The smallest absolute Gasteiger partial charge is 0.191 e. The number of hydrogen-bond acceptors (Lipinski definition) is 4. The lowest BCUT2D eigenvalue weighted by atomic mass is 10.0. The lowest BCUT2D eigenvalue weighted by molar-refractivity contribution is 0.0900. The zero-order valence-electron chi connectivity index (χ0n) is 20.7. The standard InChI is InChI=1S/C25H43N5O.HI/c1-6-26-25(28-17-23(19(2)3)30-13-11-29(5)12-14-30)27-16-22-10-7-20(4)15-24(22)31-18-21-8-9-21;/h7,10,15,19,21,23H,6,8-9,11-14,16-18H2,1-5H3,(H2,26,27,28);1H. The summed E-state index contributed by atoms with van der Waals surface area (Å²) in [6, 6.07) is 6.97. The third-order valence-electron chi connectivity index (χ3n) is 6.40. The molecule has 1 aromatic carbocycles. The largest absolute Gasteiger partial charge is 0.493 e. The second-order valence-electron chi connectivity index (χ2n) is 9.59. The Bertz CT molecular complexity index is 714. The SMILES string of the molecule is CCNC(=NCc1ccc(C)cc1OCC1CC1)NCC(C(C)C)N1CCN(C)CC1.I. The Morgan fingerprint density at radius 2 is 1.88 bits per heavy atom. The summed E-state index contributed by atoms with van der Waals surface area (Å²) in [7, 11) is 2.21. The number of ether oxygens (including phenoxy) is 1. The van der Waals surface area contributed by atoms with Crippen molar-refractivity contribution in [3.8, 4) is 5.75 Å². The van der Waals surface area contributed by atoms with Gasteiger partial charge < -0.3 is 20.3 Å². The highest BCUT2D eigenvalue weighted by Crippen LogP contribution is 2.31. The van der Waals surface area contributed by atoms with Crippen molar-refractivity contribution >= 4 is 29.9 Å². The van der Waals surface area contributed by atoms with E-state index in [0.29, 0.717) is 18.5 Å². The fraction of sp³-hybridized carbons (Fsp3) is 0.720. The maximum atomic E-state index is 6.13. The second kappa shape index (κ2) is 13.6. The van der Waals surface area contributed by atoms with Crippen LogP contribution in [0, 0.1) is 18.8 Å². The van der Waals surface area contributed by atoms with E-state index in [9.17, 15) is 0 Å². The molecule has 1 aromatic rings. The van der Waals surface area contributed by atoms with E-state index in [1.54, 1.807) is 0 Å². The van der Waals surface area contributed by atoms with Crippen LogP contribution in [0.15, 0.2) is 23.2 Å². The maximum Gasteiger partial charge on any atom is 0.191 e. The average molecular weight is 558 g/mol. The fourth-order valence-corrected chi connectivity index (χ4v) is 4.07. The van der Waals surface area contributed by atoms with Crippen LogP contribution in [0.5, 0.6) is 5.75 Å². The van der Waals surface area contributed by atoms with Crippen molar-refractivity contribution in [2.75, 3.05) is 52.9 Å². The molecule has 182 valence electrons. The van der Waals surface area contributed by atoms with Gasteiger partial charge in [0.15, 0.2) is 5.96 Å². The number of aryl methyl sites for hydroxylation is 1. The number of nitrogens with zero attached hydrogens (tertiary/aromatic N) is 3. The third kappa shape index (κ3) is 8.71. The van der Waals surface area contributed by atoms with Gasteiger partial charge in [-0.25, -0.2) is 4.99 Å². The first-order valence-electron chi connectivity index (χ1n) is 12.1. The molecular weight excluding hydrogens is 513 g/mol. The van der Waals surface area contributed by atoms with Gasteiger partial charge in [0.1, 0.15) is 5.75 Å². The fourth-order valence-electron chi connectivity index (χ4n) is 4.07. The van der Waals surface area contributed by atoms with Crippen molar-refractivity contribution in [3.63, 3.8) is 0 Å². The Hall–Kier alpha value is -1.06. The highest BCUT2D eigenvalue weighted by atomic mass is 127. The summed E-state index contributed by atoms with van der Waals surface area (Å²) in [5.74, 6) is 3.22. The molecule has 0 bridgehead atoms. The van der Waals surface area contributed by atoms with Crippen LogP contribution in [0.3, 0.4) is 0 Å². The molecule has 0 spiro atoms. The number of piperazine rings is 1. The van der Waals surface area contributed by atoms with Crippen LogP contribution in [0.2, 0.25) is 0 Å². The Kier molecular flexibility index (Phi) is 11.6. The lowest BCUT2D eigenvalue weighted by Crippen LogP contribution is -2.55. The Labute approximate surface area is 212 Å². The Morgan fingerprint density at radius 3 is 2.50 bits per heavy atom. The number of nitrogens with one attached hydrogen (secondary N) is 2. The molecule has 2 aliphatic rings. The first kappa shape index (κ1) is 27.2. The van der Waals surface area contributed by atoms with E-state index >= 15 is 0 Å². The van der Waals surface area contributed by atoms with Crippen LogP contribution in [-0.4, -0.2) is 74.7 Å². The predicted molar refractivity (Wildman–Crippen MR) is 145 cm³/mol. The number of benzene rings is 1. The molecule has 6 nitrogen and oxygen atoms in total. The van der Waals surface area contributed by atoms with Crippen LogP contribution in [0.25, 0.3) is 0 Å². The predicted octanol–water partition coefficient (Wildman–Crippen LogP) is 3.73. The zero-order chi connectivity index (χ0) is 22.2. The minimum atomic E-state index is 0. The normalized spacial score (nSPS) is 18.9. The minimum absolute atomic E-state index is 0. The number of hydrogen-bond donors (Lipinski definition) is 2. The number of rotatable bonds is 10. The van der Waals surface area contributed by atoms with Crippen LogP contribution < -0.4 is 15.4 Å². The molecule has 1 unspecified atom stereocenters. The quantitative estimate of drug-likeness (QED) is 0.261. The van der Waals surface area contributed by atoms with Gasteiger partial charge in [-0.2, -0.15) is 0 Å². The molecule has 2 N–H and O–H groups in total. The minimum Gasteiger partial charge on any atom is -0.493 e. The van der Waals surface area contributed by atoms with Gasteiger partial charge in [0.2, 0.25) is 0 Å². The molecule has 32 heavy (non-hydrogen) atoms. The topological polar surface area (TPSA) is 52.1 Å². The van der Waals surface area contributed by atoms with Crippen LogP contribution in [-0.2, 0) is 6.54 Å². The van der Waals surface area contributed by atoms with Crippen LogP contribution in [0.1, 0.15) is 44.7 Å². The molecule has 3 rings (SSSR count). The number of guanidine groups is 1. The summed E-state index contributed by atoms with van der Waals surface area (Å²) in [4.78, 5) is 9.94. The van der Waals surface area contributed by atoms with Crippen molar-refractivity contribution in [2.45, 2.75) is 53.1 Å². The summed E-state index contributed by atoms with van der Waals surface area (Å²) in [6.45, 7) is 16.7. The van der Waals surface area contributed by atoms with Crippen LogP contribution in [0.4, 0.5) is 0 Å². The molecule has 1 aliphatic carbocycles. The molecule has 1 heterocycles. The summed E-state index contributed by atoms with van der Waals surface area (Å²) in [5, 5.41) is 7.03. The Balaban J connectivity index is 0.00000363. The van der Waals surface area contributed by atoms with Gasteiger partial charge in [0, 0.05) is 50.9 Å².